The van der Waals surface area contributed by atoms with Gasteiger partial charge < -0.3 is 19.3 Å². The van der Waals surface area contributed by atoms with Crippen LogP contribution in [-0.2, 0) is 28.6 Å². The Morgan fingerprint density at radius 2 is 2.04 bits per heavy atom. The van der Waals surface area contributed by atoms with Gasteiger partial charge >= 0.3 is 11.9 Å². The van der Waals surface area contributed by atoms with E-state index < -0.39 is 34.8 Å². The Labute approximate surface area is 147 Å². The van der Waals surface area contributed by atoms with E-state index in [0.29, 0.717) is 18.6 Å². The van der Waals surface area contributed by atoms with Crippen LogP contribution in [0.4, 0.5) is 0 Å². The first-order valence-electron chi connectivity index (χ1n) is 8.44. The molecule has 1 saturated carbocycles. The molecule has 0 unspecified atom stereocenters. The van der Waals surface area contributed by atoms with Gasteiger partial charge in [0.15, 0.2) is 5.78 Å². The van der Waals surface area contributed by atoms with Crippen LogP contribution in [0.25, 0.3) is 0 Å². The number of esters is 2. The van der Waals surface area contributed by atoms with Crippen molar-refractivity contribution in [2.45, 2.75) is 46.1 Å². The number of methoxy groups -OCH3 is 1. The minimum Gasteiger partial charge on any atom is -0.495 e. The Morgan fingerprint density at radius 1 is 1.36 bits per heavy atom. The summed E-state index contributed by atoms with van der Waals surface area (Å²) in [6.45, 7) is 4.84. The third-order valence-corrected chi connectivity index (χ3v) is 5.63. The number of ketones is 1. The van der Waals surface area contributed by atoms with E-state index in [0.717, 1.165) is 0 Å². The molecular weight excluding hydrogens is 328 g/mol. The van der Waals surface area contributed by atoms with E-state index in [9.17, 15) is 14.4 Å². The molecular formula is C18H26O7. The number of aliphatic hydroxyl groups is 1. The van der Waals surface area contributed by atoms with E-state index in [-0.39, 0.29) is 25.4 Å². The van der Waals surface area contributed by atoms with Crippen LogP contribution in [0, 0.1) is 16.7 Å². The highest BCUT2D eigenvalue weighted by Gasteiger charge is 2.62. The third-order valence-electron chi connectivity index (χ3n) is 5.63. The number of rotatable bonds is 5. The smallest absolute Gasteiger partial charge is 0.315 e. The van der Waals surface area contributed by atoms with Crippen molar-refractivity contribution < 1.29 is 33.7 Å². The maximum absolute atomic E-state index is 12.7. The van der Waals surface area contributed by atoms with Gasteiger partial charge in [0.1, 0.15) is 23.9 Å². The number of carbonyl (C=O) groups excluding carboxylic acids is 3. The van der Waals surface area contributed by atoms with Crippen LogP contribution < -0.4 is 0 Å². The molecule has 0 spiro atoms. The van der Waals surface area contributed by atoms with Gasteiger partial charge in [0, 0.05) is 24.8 Å². The second-order valence-electron chi connectivity index (χ2n) is 7.13. The van der Waals surface area contributed by atoms with Gasteiger partial charge in [-0.25, -0.2) is 0 Å². The summed E-state index contributed by atoms with van der Waals surface area (Å²) in [6, 6.07) is 0. The number of hydrogen-bond acceptors (Lipinski definition) is 7. The molecule has 2 aliphatic rings. The zero-order valence-electron chi connectivity index (χ0n) is 15.2. The van der Waals surface area contributed by atoms with Crippen molar-refractivity contribution in [3.63, 3.8) is 0 Å². The summed E-state index contributed by atoms with van der Waals surface area (Å²) in [5, 5.41) is 9.04. The van der Waals surface area contributed by atoms with Crippen LogP contribution in [0.2, 0.25) is 0 Å². The normalized spacial score (nSPS) is 34.6. The maximum Gasteiger partial charge on any atom is 0.315 e. The van der Waals surface area contributed by atoms with E-state index in [2.05, 4.69) is 0 Å². The molecule has 140 valence electrons. The second kappa shape index (κ2) is 7.15. The summed E-state index contributed by atoms with van der Waals surface area (Å²) in [5.74, 6) is -1.10. The third kappa shape index (κ3) is 3.29. The summed E-state index contributed by atoms with van der Waals surface area (Å²) in [6.07, 6.45) is 1.97. The fourth-order valence-corrected chi connectivity index (χ4v) is 4.33. The zero-order valence-corrected chi connectivity index (χ0v) is 15.2. The Balaban J connectivity index is 2.49. The van der Waals surface area contributed by atoms with Crippen molar-refractivity contribution >= 4 is 17.7 Å². The zero-order chi connectivity index (χ0) is 18.8. The molecule has 0 aromatic rings. The van der Waals surface area contributed by atoms with Gasteiger partial charge in [0.25, 0.3) is 0 Å². The average molecular weight is 354 g/mol. The predicted molar refractivity (Wildman–Crippen MR) is 87.3 cm³/mol. The summed E-state index contributed by atoms with van der Waals surface area (Å²) in [5.41, 5.74) is -1.74. The van der Waals surface area contributed by atoms with Gasteiger partial charge in [0.05, 0.1) is 13.7 Å². The Bertz CT molecular complexity index is 596. The van der Waals surface area contributed by atoms with E-state index in [1.54, 1.807) is 6.92 Å². The average Bonchev–Trinajstić information content (AvgIpc) is 2.56. The molecule has 7 heteroatoms. The highest BCUT2D eigenvalue weighted by molar-refractivity contribution is 5.93. The predicted octanol–water partition coefficient (Wildman–Crippen LogP) is 1.38. The fourth-order valence-electron chi connectivity index (χ4n) is 4.33. The number of fused-ring (bicyclic) bond motifs is 1. The van der Waals surface area contributed by atoms with Gasteiger partial charge in [-0.3, -0.25) is 14.4 Å². The number of aliphatic hydroxyl groups excluding tert-OH is 1. The van der Waals surface area contributed by atoms with E-state index in [1.165, 1.54) is 20.1 Å². The van der Waals surface area contributed by atoms with Gasteiger partial charge in [-0.1, -0.05) is 6.92 Å². The number of allylic oxidation sites excluding steroid dienone is 2. The molecule has 25 heavy (non-hydrogen) atoms. The Kier molecular flexibility index (Phi) is 5.56. The van der Waals surface area contributed by atoms with Crippen LogP contribution in [0.5, 0.6) is 0 Å². The first-order valence-corrected chi connectivity index (χ1v) is 8.44. The molecule has 0 radical (unpaired) electrons. The lowest BCUT2D eigenvalue weighted by molar-refractivity contribution is -0.191. The fraction of sp³-hybridized carbons (Fsp3) is 0.722. The van der Waals surface area contributed by atoms with Gasteiger partial charge in [-0.15, -0.1) is 0 Å². The lowest BCUT2D eigenvalue weighted by Crippen LogP contribution is -2.59. The van der Waals surface area contributed by atoms with E-state index in [1.807, 2.05) is 6.92 Å². The van der Waals surface area contributed by atoms with Crippen molar-refractivity contribution in [2.75, 3.05) is 20.3 Å². The first kappa shape index (κ1) is 19.4. The monoisotopic (exact) mass is 354 g/mol. The summed E-state index contributed by atoms with van der Waals surface area (Å²) in [4.78, 5) is 36.5. The Morgan fingerprint density at radius 3 is 2.60 bits per heavy atom. The number of ether oxygens (including phenoxy) is 3. The largest absolute Gasteiger partial charge is 0.495 e. The minimum atomic E-state index is -1.16. The quantitative estimate of drug-likeness (QED) is 0.745. The van der Waals surface area contributed by atoms with E-state index >= 15 is 0 Å². The molecule has 0 heterocycles. The highest BCUT2D eigenvalue weighted by Crippen LogP contribution is 2.59. The van der Waals surface area contributed by atoms with E-state index in [4.69, 9.17) is 19.3 Å². The Hall–Kier alpha value is -1.89. The van der Waals surface area contributed by atoms with Crippen molar-refractivity contribution in [1.82, 2.24) is 0 Å². The number of hydrogen-bond donors (Lipinski definition) is 1. The SMILES string of the molecule is COC(=O)[C@@]1(C)[C@@H](OC(C)=O)CC[C@]2(C)C(OCCO)=CC(=O)C[C@H]12. The second-order valence-corrected chi connectivity index (χ2v) is 7.13. The van der Waals surface area contributed by atoms with Crippen LogP contribution in [0.1, 0.15) is 40.0 Å². The molecule has 0 aliphatic heterocycles. The van der Waals surface area contributed by atoms with Crippen LogP contribution in [-0.4, -0.2) is 49.3 Å². The van der Waals surface area contributed by atoms with Crippen LogP contribution in [0.3, 0.4) is 0 Å². The first-order chi connectivity index (χ1) is 11.7. The van der Waals surface area contributed by atoms with Crippen LogP contribution in [0.15, 0.2) is 11.8 Å². The molecule has 1 N–H and O–H groups in total. The van der Waals surface area contributed by atoms with Crippen LogP contribution >= 0.6 is 0 Å². The van der Waals surface area contributed by atoms with Crippen molar-refractivity contribution in [3.8, 4) is 0 Å². The molecule has 0 saturated heterocycles. The minimum absolute atomic E-state index is 0.0732. The van der Waals surface area contributed by atoms with Crippen molar-refractivity contribution in [2.24, 2.45) is 16.7 Å². The molecule has 4 atom stereocenters. The summed E-state index contributed by atoms with van der Waals surface area (Å²) < 4.78 is 16.1. The van der Waals surface area contributed by atoms with Crippen molar-refractivity contribution in [1.29, 1.82) is 0 Å². The van der Waals surface area contributed by atoms with Gasteiger partial charge in [-0.05, 0) is 25.7 Å². The van der Waals surface area contributed by atoms with Crippen molar-refractivity contribution in [3.05, 3.63) is 11.8 Å². The highest BCUT2D eigenvalue weighted by atomic mass is 16.6. The molecule has 0 bridgehead atoms. The van der Waals surface area contributed by atoms with Gasteiger partial charge in [-0.2, -0.15) is 0 Å². The summed E-state index contributed by atoms with van der Waals surface area (Å²) in [7, 11) is 1.29. The molecule has 2 aliphatic carbocycles. The topological polar surface area (TPSA) is 99.1 Å². The molecule has 0 aromatic heterocycles. The lowest BCUT2D eigenvalue weighted by Gasteiger charge is -2.54. The molecule has 0 amide bonds. The van der Waals surface area contributed by atoms with Gasteiger partial charge in [0.2, 0.25) is 0 Å². The molecule has 2 rings (SSSR count). The molecule has 1 fully saturated rings. The maximum atomic E-state index is 12.7. The standard InChI is InChI=1S/C18H26O7/c1-11(20)25-14-5-6-17(2)13(18(14,3)16(22)23-4)9-12(21)10-15(17)24-8-7-19/h10,13-14,19H,5-9H2,1-4H3/t13-,14-,17-,18+/m0/s1. The molecule has 7 nitrogen and oxygen atoms in total. The molecule has 0 aromatic carbocycles. The summed E-state index contributed by atoms with van der Waals surface area (Å²) >= 11 is 0. The lowest BCUT2D eigenvalue weighted by atomic mass is 9.51. The number of carbonyl (C=O) groups is 3.